The number of allylic oxidation sites excluding steroid dienone is 24. The van der Waals surface area contributed by atoms with E-state index < -0.39 is 6.10 Å². The van der Waals surface area contributed by atoms with E-state index >= 15 is 0 Å². The number of rotatable bonds is 61. The molecule has 0 spiro atoms. The Hall–Kier alpha value is -4.71. The number of carbonyl (C=O) groups excluding carboxylic acids is 3. The lowest BCUT2D eigenvalue weighted by molar-refractivity contribution is -0.167. The Kier molecular flexibility index (Phi) is 65.8. The van der Waals surface area contributed by atoms with Crippen molar-refractivity contribution in [3.05, 3.63) is 146 Å². The van der Waals surface area contributed by atoms with E-state index in [9.17, 15) is 14.4 Å². The molecule has 0 rings (SSSR count). The van der Waals surface area contributed by atoms with Gasteiger partial charge in [0.05, 0.1) is 0 Å². The second-order valence-corrected chi connectivity index (χ2v) is 22.3. The number of esters is 3. The van der Waals surface area contributed by atoms with Gasteiger partial charge in [-0.2, -0.15) is 0 Å². The van der Waals surface area contributed by atoms with Crippen LogP contribution in [0, 0.1) is 0 Å². The molecule has 0 aromatic carbocycles. The molecule has 0 aliphatic carbocycles. The molecule has 0 saturated carbocycles. The van der Waals surface area contributed by atoms with Crippen LogP contribution in [0.2, 0.25) is 0 Å². The second kappa shape index (κ2) is 69.8. The van der Waals surface area contributed by atoms with Crippen LogP contribution in [0.5, 0.6) is 0 Å². The van der Waals surface area contributed by atoms with Crippen LogP contribution in [0.4, 0.5) is 0 Å². The number of hydrogen-bond acceptors (Lipinski definition) is 6. The Bertz CT molecular complexity index is 1800. The van der Waals surface area contributed by atoms with Gasteiger partial charge in [-0.15, -0.1) is 0 Å². The Labute approximate surface area is 512 Å². The summed E-state index contributed by atoms with van der Waals surface area (Å²) in [4.78, 5) is 38.4. The predicted molar refractivity (Wildman–Crippen MR) is 362 cm³/mol. The highest BCUT2D eigenvalue weighted by molar-refractivity contribution is 5.71. The molecule has 0 aliphatic rings. The third kappa shape index (κ3) is 68.0. The van der Waals surface area contributed by atoms with Gasteiger partial charge in [-0.05, 0) is 141 Å². The normalized spacial score (nSPS) is 13.0. The van der Waals surface area contributed by atoms with Crippen molar-refractivity contribution >= 4 is 17.9 Å². The first-order valence-corrected chi connectivity index (χ1v) is 34.3. The van der Waals surface area contributed by atoms with Gasteiger partial charge in [-0.1, -0.05) is 289 Å². The van der Waals surface area contributed by atoms with E-state index in [0.29, 0.717) is 19.3 Å². The van der Waals surface area contributed by atoms with Crippen LogP contribution in [0.1, 0.15) is 303 Å². The van der Waals surface area contributed by atoms with Gasteiger partial charge >= 0.3 is 17.9 Å². The molecule has 0 bridgehead atoms. The summed E-state index contributed by atoms with van der Waals surface area (Å²) in [7, 11) is 0. The van der Waals surface area contributed by atoms with Gasteiger partial charge in [0.2, 0.25) is 0 Å². The lowest BCUT2D eigenvalue weighted by Gasteiger charge is -2.18. The fraction of sp³-hybridized carbons (Fsp3) is 0.649. The summed E-state index contributed by atoms with van der Waals surface area (Å²) in [5, 5.41) is 0. The molecule has 0 aromatic heterocycles. The van der Waals surface area contributed by atoms with Crippen LogP contribution in [0.25, 0.3) is 0 Å². The molecule has 470 valence electrons. The summed E-state index contributed by atoms with van der Waals surface area (Å²) in [6.45, 7) is 6.46. The van der Waals surface area contributed by atoms with E-state index in [4.69, 9.17) is 14.2 Å². The minimum Gasteiger partial charge on any atom is -0.462 e. The molecule has 83 heavy (non-hydrogen) atoms. The Morgan fingerprint density at radius 1 is 0.253 bits per heavy atom. The van der Waals surface area contributed by atoms with Crippen LogP contribution in [-0.4, -0.2) is 37.2 Å². The quantitative estimate of drug-likeness (QED) is 0.0261. The number of ether oxygens (including phenoxy) is 3. The zero-order valence-corrected chi connectivity index (χ0v) is 53.9. The molecule has 0 amide bonds. The molecule has 0 fully saturated rings. The molecule has 1 unspecified atom stereocenters. The van der Waals surface area contributed by atoms with Crippen LogP contribution < -0.4 is 0 Å². The third-order valence-corrected chi connectivity index (χ3v) is 14.3. The molecule has 0 N–H and O–H groups in total. The van der Waals surface area contributed by atoms with E-state index in [0.717, 1.165) is 109 Å². The van der Waals surface area contributed by atoms with Gasteiger partial charge in [-0.25, -0.2) is 0 Å². The minimum atomic E-state index is -0.813. The average Bonchev–Trinajstić information content (AvgIpc) is 3.49. The first kappa shape index (κ1) is 78.3. The standard InChI is InChI=1S/C77H126O6/c1-4-7-10-13-16-19-22-25-28-31-33-34-35-36-37-38-39-40-41-42-44-46-49-52-55-58-61-64-67-70-76(79)82-73-74(72-81-75(78)69-66-63-60-57-54-51-48-45-30-27-24-21-18-15-12-9-6-3)83-77(80)71-68-65-62-59-56-53-50-47-43-32-29-26-23-20-17-14-11-8-5-2/h7,10,16-17,19-20,25-30,33-34,36-37,39-40,42,44,49,52,58,61,74H,4-6,8-9,11-15,18,21-24,31-32,35,38,41,43,45-48,50-51,53-57,59-60,62-73H2,1-3H3/b10-7-,19-16-,20-17-,28-25-,29-26-,30-27-,34-33-,37-36-,40-39-,44-42-,52-49-,61-58-. The molecule has 1 atom stereocenters. The lowest BCUT2D eigenvalue weighted by Crippen LogP contribution is -2.30. The number of hydrogen-bond donors (Lipinski definition) is 0. The van der Waals surface area contributed by atoms with E-state index in [1.165, 1.54) is 148 Å². The summed E-state index contributed by atoms with van der Waals surface area (Å²) >= 11 is 0. The fourth-order valence-electron chi connectivity index (χ4n) is 9.18. The average molecular weight is 1150 g/mol. The molecule has 6 heteroatoms. The SMILES string of the molecule is CC/C=C\C/C=C\C/C=C\C/C=C\C/C=C\C/C=C\C/C=C\C/C=C\C/C=C\CCCC(=O)OCC(COC(=O)CCCCCCCCC/C=C\CCCCCCCC)OC(=O)CCCCCCCCCCC/C=C\C/C=C\CCCCC. The van der Waals surface area contributed by atoms with Crippen LogP contribution >= 0.6 is 0 Å². The molecule has 0 aliphatic heterocycles. The monoisotopic (exact) mass is 1150 g/mol. The van der Waals surface area contributed by atoms with Crippen molar-refractivity contribution in [2.45, 2.75) is 309 Å². The second-order valence-electron chi connectivity index (χ2n) is 22.3. The molecule has 0 saturated heterocycles. The zero-order valence-electron chi connectivity index (χ0n) is 53.9. The summed E-state index contributed by atoms with van der Waals surface area (Å²) < 4.78 is 16.9. The molecule has 6 nitrogen and oxygen atoms in total. The zero-order chi connectivity index (χ0) is 59.9. The Morgan fingerprint density at radius 2 is 0.482 bits per heavy atom. The maximum Gasteiger partial charge on any atom is 0.306 e. The topological polar surface area (TPSA) is 78.9 Å². The summed E-state index contributed by atoms with van der Waals surface area (Å²) in [5.41, 5.74) is 0. The van der Waals surface area contributed by atoms with E-state index in [1.807, 2.05) is 0 Å². The molecule has 0 aromatic rings. The summed E-state index contributed by atoms with van der Waals surface area (Å²) in [6.07, 6.45) is 100. The van der Waals surface area contributed by atoms with Crippen LogP contribution in [0.3, 0.4) is 0 Å². The lowest BCUT2D eigenvalue weighted by atomic mass is 10.1. The van der Waals surface area contributed by atoms with Gasteiger partial charge < -0.3 is 14.2 Å². The maximum atomic E-state index is 12.9. The van der Waals surface area contributed by atoms with Crippen molar-refractivity contribution < 1.29 is 28.6 Å². The molecular formula is C77H126O6. The number of carbonyl (C=O) groups is 3. The smallest absolute Gasteiger partial charge is 0.306 e. The van der Waals surface area contributed by atoms with Gasteiger partial charge in [0, 0.05) is 19.3 Å². The van der Waals surface area contributed by atoms with Crippen molar-refractivity contribution in [2.24, 2.45) is 0 Å². The van der Waals surface area contributed by atoms with Gasteiger partial charge in [0.15, 0.2) is 6.10 Å². The largest absolute Gasteiger partial charge is 0.462 e. The first-order chi connectivity index (χ1) is 41.0. The summed E-state index contributed by atoms with van der Waals surface area (Å²) in [5.74, 6) is -0.970. The van der Waals surface area contributed by atoms with E-state index in [-0.39, 0.29) is 37.5 Å². The van der Waals surface area contributed by atoms with Gasteiger partial charge in [0.1, 0.15) is 13.2 Å². The molecule has 0 heterocycles. The summed E-state index contributed by atoms with van der Waals surface area (Å²) in [6, 6.07) is 0. The van der Waals surface area contributed by atoms with E-state index in [2.05, 4.69) is 167 Å². The van der Waals surface area contributed by atoms with Gasteiger partial charge in [0.25, 0.3) is 0 Å². The van der Waals surface area contributed by atoms with Crippen molar-refractivity contribution in [1.29, 1.82) is 0 Å². The predicted octanol–water partition coefficient (Wildman–Crippen LogP) is 23.9. The maximum absolute atomic E-state index is 12.9. The van der Waals surface area contributed by atoms with E-state index in [1.54, 1.807) is 0 Å². The van der Waals surface area contributed by atoms with Gasteiger partial charge in [-0.3, -0.25) is 14.4 Å². The Morgan fingerprint density at radius 3 is 0.819 bits per heavy atom. The van der Waals surface area contributed by atoms with Crippen molar-refractivity contribution in [3.8, 4) is 0 Å². The molecule has 0 radical (unpaired) electrons. The Balaban J connectivity index is 4.49. The van der Waals surface area contributed by atoms with Crippen LogP contribution in [0.15, 0.2) is 146 Å². The van der Waals surface area contributed by atoms with Crippen molar-refractivity contribution in [1.82, 2.24) is 0 Å². The number of unbranched alkanes of at least 4 members (excludes halogenated alkanes) is 26. The minimum absolute atomic E-state index is 0.104. The molecular weight excluding hydrogens is 1020 g/mol. The highest BCUT2D eigenvalue weighted by Crippen LogP contribution is 2.15. The third-order valence-electron chi connectivity index (χ3n) is 14.3. The fourth-order valence-corrected chi connectivity index (χ4v) is 9.18. The first-order valence-electron chi connectivity index (χ1n) is 34.3. The van der Waals surface area contributed by atoms with Crippen molar-refractivity contribution in [3.63, 3.8) is 0 Å². The van der Waals surface area contributed by atoms with Crippen LogP contribution in [-0.2, 0) is 28.6 Å². The van der Waals surface area contributed by atoms with Crippen molar-refractivity contribution in [2.75, 3.05) is 13.2 Å². The highest BCUT2D eigenvalue weighted by Gasteiger charge is 2.19. The highest BCUT2D eigenvalue weighted by atomic mass is 16.6.